The van der Waals surface area contributed by atoms with Crippen LogP contribution in [0.1, 0.15) is 97.9 Å². The van der Waals surface area contributed by atoms with Crippen LogP contribution in [0.5, 0.6) is 0 Å². The Morgan fingerprint density at radius 1 is 0.952 bits per heavy atom. The highest BCUT2D eigenvalue weighted by molar-refractivity contribution is 5.61. The molecular weight excluding hydrogens is 553 g/mol. The Hall–Kier alpha value is -3.15. The maximum atomic E-state index is 15.3. The quantitative estimate of drug-likeness (QED) is 0.199. The van der Waals surface area contributed by atoms with Gasteiger partial charge in [-0.1, -0.05) is 53.9 Å². The predicted octanol–water partition coefficient (Wildman–Crippen LogP) is 8.49. The van der Waals surface area contributed by atoms with Crippen molar-refractivity contribution >= 4 is 5.95 Å². The zero-order valence-corrected chi connectivity index (χ0v) is 25.1. The van der Waals surface area contributed by atoms with Crippen LogP contribution in [0.25, 0.3) is 17.1 Å². The van der Waals surface area contributed by atoms with Gasteiger partial charge in [-0.3, -0.25) is 4.90 Å². The van der Waals surface area contributed by atoms with E-state index in [2.05, 4.69) is 30.2 Å². The van der Waals surface area contributed by atoms with Gasteiger partial charge in [0.05, 0.1) is 11.4 Å². The Labute approximate surface area is 246 Å². The van der Waals surface area contributed by atoms with E-state index in [1.54, 1.807) is 13.0 Å². The van der Waals surface area contributed by atoms with Crippen LogP contribution in [0.15, 0.2) is 30.9 Å². The van der Waals surface area contributed by atoms with Crippen LogP contribution >= 0.6 is 0 Å². The van der Waals surface area contributed by atoms with Crippen LogP contribution in [0.2, 0.25) is 0 Å². The van der Waals surface area contributed by atoms with Gasteiger partial charge in [-0.25, -0.2) is 19.9 Å². The highest BCUT2D eigenvalue weighted by Crippen LogP contribution is 2.38. The second kappa shape index (κ2) is 14.8. The molecule has 0 saturated carbocycles. The molecule has 0 aliphatic carbocycles. The smallest absolute Gasteiger partial charge is 0.351 e. The van der Waals surface area contributed by atoms with Crippen LogP contribution in [-0.2, 0) is 18.6 Å². The van der Waals surface area contributed by atoms with Crippen LogP contribution in [0.4, 0.5) is 27.9 Å². The van der Waals surface area contributed by atoms with Gasteiger partial charge in [-0.05, 0) is 44.5 Å². The van der Waals surface area contributed by atoms with E-state index >= 15 is 8.78 Å². The Morgan fingerprint density at radius 3 is 2.21 bits per heavy atom. The van der Waals surface area contributed by atoms with E-state index in [0.29, 0.717) is 12.2 Å². The maximum absolute atomic E-state index is 15.3. The van der Waals surface area contributed by atoms with Gasteiger partial charge in [0, 0.05) is 32.8 Å². The molecule has 12 heteroatoms. The van der Waals surface area contributed by atoms with Crippen molar-refractivity contribution in [2.45, 2.75) is 104 Å². The fourth-order valence-electron chi connectivity index (χ4n) is 4.86. The average molecular weight is 598 g/mol. The zero-order valence-electron chi connectivity index (χ0n) is 25.1. The maximum Gasteiger partial charge on any atom is 0.420 e. The van der Waals surface area contributed by atoms with Gasteiger partial charge in [0.25, 0.3) is 5.92 Å². The molecule has 1 fully saturated rings. The summed E-state index contributed by atoms with van der Waals surface area (Å²) in [6, 6.07) is 3.22. The van der Waals surface area contributed by atoms with Gasteiger partial charge >= 0.3 is 6.18 Å². The lowest BCUT2D eigenvalue weighted by Crippen LogP contribution is -2.36. The lowest BCUT2D eigenvalue weighted by atomic mass is 10.1. The minimum Gasteiger partial charge on any atom is -0.351 e. The second-order valence-corrected chi connectivity index (χ2v) is 10.3. The monoisotopic (exact) mass is 597 g/mol. The predicted molar refractivity (Wildman–Crippen MR) is 157 cm³/mol. The first-order valence-electron chi connectivity index (χ1n) is 14.9. The molecule has 234 valence electrons. The van der Waals surface area contributed by atoms with Crippen molar-refractivity contribution in [2.75, 3.05) is 18.4 Å². The van der Waals surface area contributed by atoms with E-state index in [4.69, 9.17) is 0 Å². The van der Waals surface area contributed by atoms with Crippen molar-refractivity contribution in [1.29, 1.82) is 0 Å². The van der Waals surface area contributed by atoms with E-state index in [9.17, 15) is 13.2 Å². The third-order valence-corrected chi connectivity index (χ3v) is 6.98. The minimum atomic E-state index is -4.73. The summed E-state index contributed by atoms with van der Waals surface area (Å²) in [5, 5.41) is 3.15. The topological polar surface area (TPSA) is 71.8 Å². The first-order chi connectivity index (χ1) is 20.1. The molecule has 42 heavy (non-hydrogen) atoms. The average Bonchev–Trinajstić information content (AvgIpc) is 3.42. The van der Waals surface area contributed by atoms with E-state index in [1.165, 1.54) is 23.2 Å². The highest BCUT2D eigenvalue weighted by Gasteiger charge is 2.38. The molecule has 1 saturated heterocycles. The number of likely N-dealkylation sites (tertiary alicyclic amines) is 1. The molecule has 7 nitrogen and oxygen atoms in total. The van der Waals surface area contributed by atoms with E-state index < -0.39 is 35.5 Å². The number of alkyl halides is 5. The molecule has 0 bridgehead atoms. The molecule has 4 heterocycles. The number of halogens is 5. The van der Waals surface area contributed by atoms with Crippen molar-refractivity contribution in [3.63, 3.8) is 0 Å². The van der Waals surface area contributed by atoms with Crippen LogP contribution in [-0.4, -0.2) is 48.5 Å². The van der Waals surface area contributed by atoms with Crippen molar-refractivity contribution in [1.82, 2.24) is 29.4 Å². The Morgan fingerprint density at radius 2 is 1.64 bits per heavy atom. The molecule has 0 aromatic carbocycles. The third kappa shape index (κ3) is 8.23. The minimum absolute atomic E-state index is 0. The molecule has 4 rings (SSSR count). The van der Waals surface area contributed by atoms with E-state index in [1.807, 2.05) is 27.7 Å². The van der Waals surface area contributed by atoms with Crippen molar-refractivity contribution in [3.8, 4) is 17.1 Å². The number of nitrogens with zero attached hydrogens (tertiary/aromatic N) is 6. The summed E-state index contributed by atoms with van der Waals surface area (Å²) < 4.78 is 73.7. The number of aromatic nitrogens is 5. The standard InChI is InChI=1S/C28H36F5N7.C2H6.H2/c1-4-8-19(9-5-2)37-26-34-15-21(28(31,32)33)24(38-26)22-17-40(18-35-22)23-11-10-20(16-39-13-7-14-39)36-25(23)27(29,30)12-6-3;1-2;/h10-11,15,17-19H,4-9,12-14,16H2,1-3H3,(H,34,37,38);1-2H3;1H. The van der Waals surface area contributed by atoms with Gasteiger partial charge in [0.15, 0.2) is 0 Å². The highest BCUT2D eigenvalue weighted by atomic mass is 19.4. The summed E-state index contributed by atoms with van der Waals surface area (Å²) in [4.78, 5) is 18.7. The molecular formula is C30H44F5N7. The lowest BCUT2D eigenvalue weighted by molar-refractivity contribution is -0.137. The molecule has 1 N–H and O–H groups in total. The van der Waals surface area contributed by atoms with Crippen LogP contribution in [0.3, 0.4) is 0 Å². The van der Waals surface area contributed by atoms with Crippen LogP contribution < -0.4 is 5.32 Å². The fraction of sp³-hybridized carbons (Fsp3) is 0.600. The molecule has 3 aromatic heterocycles. The summed E-state index contributed by atoms with van der Waals surface area (Å²) >= 11 is 0. The molecule has 0 spiro atoms. The lowest BCUT2D eigenvalue weighted by Gasteiger charge is -2.30. The zero-order chi connectivity index (χ0) is 30.9. The summed E-state index contributed by atoms with van der Waals surface area (Å²) in [6.07, 6.45) is 2.84. The van der Waals surface area contributed by atoms with Gasteiger partial charge in [-0.15, -0.1) is 0 Å². The number of hydrogen-bond acceptors (Lipinski definition) is 6. The summed E-state index contributed by atoms with van der Waals surface area (Å²) in [5.74, 6) is -3.16. The number of anilines is 1. The Bertz CT molecular complexity index is 1270. The fourth-order valence-corrected chi connectivity index (χ4v) is 4.86. The normalized spacial score (nSPS) is 14.0. The van der Waals surface area contributed by atoms with Gasteiger partial charge in [-0.2, -0.15) is 22.0 Å². The number of imidazole rings is 1. The Balaban J connectivity index is 0.00000211. The van der Waals surface area contributed by atoms with Gasteiger partial charge in [0.2, 0.25) is 5.95 Å². The number of nitrogens with one attached hydrogen (secondary N) is 1. The molecule has 0 radical (unpaired) electrons. The Kier molecular flexibility index (Phi) is 11.8. The number of rotatable bonds is 13. The first-order valence-corrected chi connectivity index (χ1v) is 14.9. The summed E-state index contributed by atoms with van der Waals surface area (Å²) in [6.45, 7) is 12.0. The van der Waals surface area contributed by atoms with Crippen molar-refractivity contribution in [3.05, 3.63) is 47.8 Å². The number of hydrogen-bond donors (Lipinski definition) is 1. The van der Waals surface area contributed by atoms with Gasteiger partial charge in [0.1, 0.15) is 29.0 Å². The van der Waals surface area contributed by atoms with Crippen molar-refractivity contribution < 1.29 is 23.4 Å². The van der Waals surface area contributed by atoms with E-state index in [0.717, 1.165) is 51.4 Å². The second-order valence-electron chi connectivity index (χ2n) is 10.3. The van der Waals surface area contributed by atoms with Crippen LogP contribution in [0, 0.1) is 0 Å². The van der Waals surface area contributed by atoms with E-state index in [-0.39, 0.29) is 31.2 Å². The molecule has 0 atom stereocenters. The molecule has 1 aliphatic heterocycles. The largest absolute Gasteiger partial charge is 0.420 e. The number of pyridine rings is 1. The summed E-state index contributed by atoms with van der Waals surface area (Å²) in [5.41, 5.74) is -1.40. The molecule has 1 aliphatic rings. The first kappa shape index (κ1) is 33.4. The SMILES string of the molecule is CC.CCCC(CCC)Nc1ncc(C(F)(F)F)c(-c2cn(-c3ccc(CN4CCC4)nc3C(F)(F)CCC)cn2)n1.[HH]. The van der Waals surface area contributed by atoms with Crippen molar-refractivity contribution in [2.24, 2.45) is 0 Å². The summed E-state index contributed by atoms with van der Waals surface area (Å²) in [7, 11) is 0. The third-order valence-electron chi connectivity index (χ3n) is 6.98. The molecule has 3 aromatic rings. The van der Waals surface area contributed by atoms with Gasteiger partial charge < -0.3 is 9.88 Å². The molecule has 0 unspecified atom stereocenters. The molecule has 0 amide bonds.